The van der Waals surface area contributed by atoms with Crippen molar-refractivity contribution in [1.82, 2.24) is 20.5 Å². The molecule has 1 heterocycles. The third-order valence-corrected chi connectivity index (χ3v) is 8.65. The second kappa shape index (κ2) is 15.8. The third-order valence-electron chi connectivity index (χ3n) is 7.11. The minimum Gasteiger partial charge on any atom is -0.323 e. The van der Waals surface area contributed by atoms with E-state index in [1.165, 1.54) is 30.5 Å². The molecule has 0 fully saturated rings. The maximum Gasteiger partial charge on any atom is 0.242 e. The Kier molecular flexibility index (Phi) is 11.9. The molecule has 3 aromatic carbocycles. The topological polar surface area (TPSA) is 158 Å². The highest BCUT2D eigenvalue weighted by atomic mass is 32.2. The molecule has 3 atom stereocenters. The van der Waals surface area contributed by atoms with E-state index in [4.69, 9.17) is 10.9 Å². The summed E-state index contributed by atoms with van der Waals surface area (Å²) in [7, 11) is -3.96. The average molecular weight is 661 g/mol. The summed E-state index contributed by atoms with van der Waals surface area (Å²) in [6.07, 6.45) is 2.08. The SMILES string of the molecule is NC(C(=O)Nc1cncc(F)c1CC[C@H](CNCNO)NS(=O)(=O)c1ccccc1)C(c1ccc(F)cc1)c1cc(F)cc(F)c1. The van der Waals surface area contributed by atoms with Crippen molar-refractivity contribution in [2.45, 2.75) is 35.7 Å². The molecule has 244 valence electrons. The van der Waals surface area contributed by atoms with E-state index in [9.17, 15) is 26.4 Å². The zero-order valence-electron chi connectivity index (χ0n) is 24.3. The maximum absolute atomic E-state index is 15.1. The van der Waals surface area contributed by atoms with Crippen molar-refractivity contribution in [3.8, 4) is 0 Å². The Morgan fingerprint density at radius 3 is 2.22 bits per heavy atom. The molecule has 0 aliphatic rings. The monoisotopic (exact) mass is 660 g/mol. The van der Waals surface area contributed by atoms with E-state index in [-0.39, 0.29) is 47.8 Å². The molecule has 0 aliphatic carbocycles. The van der Waals surface area contributed by atoms with Gasteiger partial charge in [0.25, 0.3) is 0 Å². The van der Waals surface area contributed by atoms with Crippen LogP contribution in [0.2, 0.25) is 0 Å². The fourth-order valence-electron chi connectivity index (χ4n) is 4.93. The van der Waals surface area contributed by atoms with E-state index >= 15 is 4.39 Å². The van der Waals surface area contributed by atoms with Gasteiger partial charge in [0.2, 0.25) is 15.9 Å². The van der Waals surface area contributed by atoms with Crippen molar-refractivity contribution in [2.24, 2.45) is 5.73 Å². The average Bonchev–Trinajstić information content (AvgIpc) is 3.01. The van der Waals surface area contributed by atoms with Gasteiger partial charge in [-0.05, 0) is 60.4 Å². The van der Waals surface area contributed by atoms with Crippen LogP contribution in [0, 0.1) is 23.3 Å². The van der Waals surface area contributed by atoms with Crippen LogP contribution < -0.4 is 26.6 Å². The number of aromatic nitrogens is 1. The highest BCUT2D eigenvalue weighted by molar-refractivity contribution is 7.89. The van der Waals surface area contributed by atoms with Gasteiger partial charge in [-0.25, -0.2) is 30.7 Å². The molecule has 7 N–H and O–H groups in total. The molecule has 4 rings (SSSR count). The summed E-state index contributed by atoms with van der Waals surface area (Å²) in [5.74, 6) is -5.17. The predicted molar refractivity (Wildman–Crippen MR) is 162 cm³/mol. The van der Waals surface area contributed by atoms with Crippen LogP contribution in [0.5, 0.6) is 0 Å². The Hall–Kier alpha value is -4.25. The van der Waals surface area contributed by atoms with E-state index < -0.39 is 57.2 Å². The number of nitrogens with one attached hydrogen (secondary N) is 4. The Labute approximate surface area is 263 Å². The van der Waals surface area contributed by atoms with Gasteiger partial charge in [0, 0.05) is 30.1 Å². The first-order chi connectivity index (χ1) is 22.0. The lowest BCUT2D eigenvalue weighted by Crippen LogP contribution is -2.44. The summed E-state index contributed by atoms with van der Waals surface area (Å²) in [5, 5.41) is 14.3. The number of benzene rings is 3. The number of hydrogen-bond donors (Lipinski definition) is 6. The van der Waals surface area contributed by atoms with Gasteiger partial charge < -0.3 is 21.6 Å². The van der Waals surface area contributed by atoms with Crippen molar-refractivity contribution >= 4 is 21.6 Å². The number of sulfonamides is 1. The van der Waals surface area contributed by atoms with Crippen LogP contribution in [0.15, 0.2) is 90.1 Å². The number of halogens is 4. The number of nitrogens with zero attached hydrogens (tertiary/aromatic N) is 1. The summed E-state index contributed by atoms with van der Waals surface area (Å²) in [4.78, 5) is 17.3. The summed E-state index contributed by atoms with van der Waals surface area (Å²) in [5.41, 5.74) is 8.50. The Balaban J connectivity index is 1.57. The second-order valence-electron chi connectivity index (χ2n) is 10.4. The van der Waals surface area contributed by atoms with Crippen LogP contribution in [0.4, 0.5) is 23.2 Å². The second-order valence-corrected chi connectivity index (χ2v) is 12.1. The van der Waals surface area contributed by atoms with Crippen LogP contribution in [0.1, 0.15) is 29.0 Å². The molecule has 0 saturated carbocycles. The normalized spacial score (nSPS) is 13.6. The number of hydroxylamine groups is 1. The maximum atomic E-state index is 15.1. The molecule has 10 nitrogen and oxygen atoms in total. The Morgan fingerprint density at radius 1 is 0.891 bits per heavy atom. The van der Waals surface area contributed by atoms with Crippen molar-refractivity contribution in [3.63, 3.8) is 0 Å². The van der Waals surface area contributed by atoms with Gasteiger partial charge in [0.1, 0.15) is 23.3 Å². The number of nitrogens with two attached hydrogens (primary N) is 1. The number of carbonyl (C=O) groups excluding carboxylic acids is 1. The summed E-state index contributed by atoms with van der Waals surface area (Å²) in [6.45, 7) is -0.0146. The van der Waals surface area contributed by atoms with Gasteiger partial charge in [0.15, 0.2) is 0 Å². The van der Waals surface area contributed by atoms with E-state index in [1.54, 1.807) is 18.2 Å². The van der Waals surface area contributed by atoms with Crippen LogP contribution >= 0.6 is 0 Å². The van der Waals surface area contributed by atoms with E-state index in [1.807, 2.05) is 5.48 Å². The zero-order chi connectivity index (χ0) is 33.3. The minimum absolute atomic E-state index is 0.00475. The van der Waals surface area contributed by atoms with Crippen molar-refractivity contribution in [2.75, 3.05) is 18.5 Å². The van der Waals surface area contributed by atoms with Gasteiger partial charge in [0.05, 0.1) is 35.7 Å². The quantitative estimate of drug-likeness (QED) is 0.0489. The summed E-state index contributed by atoms with van der Waals surface area (Å²) >= 11 is 0. The highest BCUT2D eigenvalue weighted by Gasteiger charge is 2.30. The van der Waals surface area contributed by atoms with E-state index in [0.717, 1.165) is 30.5 Å². The summed E-state index contributed by atoms with van der Waals surface area (Å²) in [6, 6.07) is 12.9. The number of anilines is 1. The molecule has 0 saturated heterocycles. The first kappa shape index (κ1) is 34.6. The molecule has 0 aliphatic heterocycles. The summed E-state index contributed by atoms with van der Waals surface area (Å²) < 4.78 is 85.6. The molecule has 0 radical (unpaired) electrons. The molecule has 46 heavy (non-hydrogen) atoms. The fourth-order valence-corrected chi connectivity index (χ4v) is 6.23. The van der Waals surface area contributed by atoms with E-state index in [2.05, 4.69) is 20.3 Å². The lowest BCUT2D eigenvalue weighted by Gasteiger charge is -2.25. The molecule has 0 spiro atoms. The van der Waals surface area contributed by atoms with E-state index in [0.29, 0.717) is 11.6 Å². The number of amides is 1. The highest BCUT2D eigenvalue weighted by Crippen LogP contribution is 2.30. The molecule has 4 aromatic rings. The lowest BCUT2D eigenvalue weighted by molar-refractivity contribution is -0.117. The fraction of sp³-hybridized carbons (Fsp3) is 0.226. The zero-order valence-corrected chi connectivity index (χ0v) is 25.1. The largest absolute Gasteiger partial charge is 0.323 e. The van der Waals surface area contributed by atoms with Crippen LogP contribution in [0.25, 0.3) is 0 Å². The smallest absolute Gasteiger partial charge is 0.242 e. The first-order valence-corrected chi connectivity index (χ1v) is 15.5. The molecule has 1 aromatic heterocycles. The Bertz CT molecular complexity index is 1710. The minimum atomic E-state index is -3.96. The molecule has 1 amide bonds. The first-order valence-electron chi connectivity index (χ1n) is 14.0. The van der Waals surface area contributed by atoms with Crippen molar-refractivity contribution in [3.05, 3.63) is 125 Å². The molecule has 2 unspecified atom stereocenters. The van der Waals surface area contributed by atoms with Gasteiger partial charge in [-0.3, -0.25) is 9.78 Å². The number of pyridine rings is 1. The van der Waals surface area contributed by atoms with Gasteiger partial charge >= 0.3 is 0 Å². The third kappa shape index (κ3) is 9.15. The van der Waals surface area contributed by atoms with Crippen LogP contribution in [0.3, 0.4) is 0 Å². The number of rotatable bonds is 15. The van der Waals surface area contributed by atoms with Gasteiger partial charge in [-0.1, -0.05) is 30.3 Å². The number of hydrogen-bond acceptors (Lipinski definition) is 8. The standard InChI is InChI=1S/C31H32F4N6O4S/c32-21-8-6-19(7-9-21)29(20-12-22(33)14-23(34)13-20)30(36)31(42)40-28-17-37-16-27(35)26(28)11-10-24(15-38-18-39-43)41-46(44,45)25-4-2-1-3-5-25/h1-9,12-14,16-17,24,29-30,38-39,41,43H,10-11,15,18,36H2,(H,40,42)/t24-,29?,30?/m1/s1. The molecule has 15 heteroatoms. The predicted octanol–water partition coefficient (Wildman–Crippen LogP) is 3.54. The Morgan fingerprint density at radius 2 is 1.57 bits per heavy atom. The van der Waals surface area contributed by atoms with Crippen molar-refractivity contribution < 1.29 is 36.0 Å². The molecular weight excluding hydrogens is 628 g/mol. The van der Waals surface area contributed by atoms with Gasteiger partial charge in [-0.2, -0.15) is 5.48 Å². The molecular formula is C31H32F4N6O4S. The molecule has 0 bridgehead atoms. The van der Waals surface area contributed by atoms with Crippen LogP contribution in [-0.4, -0.2) is 49.8 Å². The lowest BCUT2D eigenvalue weighted by atomic mass is 9.84. The van der Waals surface area contributed by atoms with Gasteiger partial charge in [-0.15, -0.1) is 0 Å². The van der Waals surface area contributed by atoms with Crippen molar-refractivity contribution in [1.29, 1.82) is 0 Å². The van der Waals surface area contributed by atoms with Crippen LogP contribution in [-0.2, 0) is 21.2 Å². The number of carbonyl (C=O) groups is 1.